The van der Waals surface area contributed by atoms with Crippen molar-refractivity contribution in [3.63, 3.8) is 0 Å². The Hall–Kier alpha value is -1.24. The van der Waals surface area contributed by atoms with Gasteiger partial charge in [-0.05, 0) is 12.8 Å². The topological polar surface area (TPSA) is 65.0 Å². The number of thioether (sulfide) groups is 1. The van der Waals surface area contributed by atoms with E-state index in [0.29, 0.717) is 0 Å². The normalized spacial score (nSPS) is 19.4. The average molecular weight is 537 g/mol. The molecular formula is C30H56N4O2S. The first-order valence-corrected chi connectivity index (χ1v) is 16.6. The number of fused-ring (bicyclic) bond motifs is 1. The fourth-order valence-corrected chi connectivity index (χ4v) is 6.46. The lowest BCUT2D eigenvalue weighted by Crippen LogP contribution is -2.63. The Labute approximate surface area is 232 Å². The van der Waals surface area contributed by atoms with Gasteiger partial charge < -0.3 is 9.80 Å². The third kappa shape index (κ3) is 12.0. The van der Waals surface area contributed by atoms with Crippen LogP contribution in [0.15, 0.2) is 4.99 Å². The first-order valence-electron chi connectivity index (χ1n) is 15.6. The van der Waals surface area contributed by atoms with Crippen LogP contribution in [0.1, 0.15) is 142 Å². The quantitative estimate of drug-likeness (QED) is 0.142. The van der Waals surface area contributed by atoms with E-state index in [1.54, 1.807) is 23.7 Å². The molecule has 1 N–H and O–H groups in total. The van der Waals surface area contributed by atoms with Crippen LogP contribution in [0.2, 0.25) is 0 Å². The summed E-state index contributed by atoms with van der Waals surface area (Å²) in [5.41, 5.74) is 0. The summed E-state index contributed by atoms with van der Waals surface area (Å²) in [5, 5.41) is 3.48. The molecule has 2 aliphatic heterocycles. The highest BCUT2D eigenvalue weighted by atomic mass is 32.2. The standard InChI is InChI=1S/C30H56N4O2S/c1-4-6-8-10-12-14-16-18-20-22-24-34-26-27(33(3)29(36)32-28(26)35)31-30(34)37-25-23-21-19-17-15-13-11-9-7-5-2/h26-27H,4-25H2,1-3H3,(H,32,35,36). The predicted molar refractivity (Wildman–Crippen MR) is 159 cm³/mol. The van der Waals surface area contributed by atoms with Crippen LogP contribution in [0.4, 0.5) is 4.79 Å². The summed E-state index contributed by atoms with van der Waals surface area (Å²) in [4.78, 5) is 33.6. The van der Waals surface area contributed by atoms with Gasteiger partial charge in [0, 0.05) is 19.3 Å². The van der Waals surface area contributed by atoms with Crippen molar-refractivity contribution < 1.29 is 9.59 Å². The molecule has 37 heavy (non-hydrogen) atoms. The molecule has 0 aromatic rings. The van der Waals surface area contributed by atoms with E-state index in [9.17, 15) is 9.59 Å². The van der Waals surface area contributed by atoms with Crippen molar-refractivity contribution in [2.75, 3.05) is 19.3 Å². The number of rotatable bonds is 22. The second-order valence-corrected chi connectivity index (χ2v) is 12.1. The second kappa shape index (κ2) is 19.8. The molecule has 0 saturated carbocycles. The number of amides is 3. The number of aliphatic imine (C=N–C) groups is 1. The summed E-state index contributed by atoms with van der Waals surface area (Å²) >= 11 is 1.78. The van der Waals surface area contributed by atoms with Crippen LogP contribution in [0.25, 0.3) is 0 Å². The lowest BCUT2D eigenvalue weighted by Gasteiger charge is -2.36. The van der Waals surface area contributed by atoms with E-state index in [2.05, 4.69) is 24.1 Å². The van der Waals surface area contributed by atoms with Crippen LogP contribution in [0, 0.1) is 0 Å². The van der Waals surface area contributed by atoms with Crippen molar-refractivity contribution in [1.29, 1.82) is 0 Å². The lowest BCUT2D eigenvalue weighted by atomic mass is 10.1. The molecule has 0 bridgehead atoms. The first kappa shape index (κ1) is 32.0. The molecule has 2 rings (SSSR count). The minimum atomic E-state index is -0.389. The Morgan fingerprint density at radius 3 is 1.68 bits per heavy atom. The number of urea groups is 1. The maximum Gasteiger partial charge on any atom is 0.325 e. The number of amidine groups is 1. The minimum Gasteiger partial charge on any atom is -0.336 e. The highest BCUT2D eigenvalue weighted by Gasteiger charge is 2.48. The number of hydrogen-bond donors (Lipinski definition) is 1. The number of nitrogens with zero attached hydrogens (tertiary/aromatic N) is 3. The molecule has 2 unspecified atom stereocenters. The van der Waals surface area contributed by atoms with E-state index >= 15 is 0 Å². The van der Waals surface area contributed by atoms with E-state index < -0.39 is 0 Å². The van der Waals surface area contributed by atoms with Crippen molar-refractivity contribution in [3.8, 4) is 0 Å². The first-order chi connectivity index (χ1) is 18.1. The third-order valence-corrected chi connectivity index (χ3v) is 8.90. The molecule has 214 valence electrons. The number of nitrogens with one attached hydrogen (secondary N) is 1. The molecule has 0 radical (unpaired) electrons. The van der Waals surface area contributed by atoms with Gasteiger partial charge in [-0.15, -0.1) is 0 Å². The van der Waals surface area contributed by atoms with Gasteiger partial charge in [0.05, 0.1) is 0 Å². The molecule has 2 atom stereocenters. The maximum absolute atomic E-state index is 12.7. The second-order valence-electron chi connectivity index (χ2n) is 11.1. The molecule has 2 aliphatic rings. The van der Waals surface area contributed by atoms with E-state index in [1.165, 1.54) is 122 Å². The molecule has 0 aliphatic carbocycles. The Bertz CT molecular complexity index is 672. The largest absolute Gasteiger partial charge is 0.336 e. The average Bonchev–Trinajstić information content (AvgIpc) is 3.26. The Balaban J connectivity index is 1.69. The van der Waals surface area contributed by atoms with Gasteiger partial charge in [-0.2, -0.15) is 0 Å². The van der Waals surface area contributed by atoms with Crippen LogP contribution in [-0.2, 0) is 4.79 Å². The van der Waals surface area contributed by atoms with Crippen LogP contribution in [-0.4, -0.2) is 58.5 Å². The number of carbonyl (C=O) groups excluding carboxylic acids is 2. The smallest absolute Gasteiger partial charge is 0.325 e. The van der Waals surface area contributed by atoms with Gasteiger partial charge in [0.25, 0.3) is 5.91 Å². The van der Waals surface area contributed by atoms with Gasteiger partial charge in [-0.1, -0.05) is 141 Å². The lowest BCUT2D eigenvalue weighted by molar-refractivity contribution is -0.127. The zero-order chi connectivity index (χ0) is 26.7. The van der Waals surface area contributed by atoms with Gasteiger partial charge in [0.15, 0.2) is 17.4 Å². The minimum absolute atomic E-state index is 0.196. The molecule has 0 spiro atoms. The van der Waals surface area contributed by atoms with E-state index in [4.69, 9.17) is 4.99 Å². The molecule has 7 heteroatoms. The highest BCUT2D eigenvalue weighted by Crippen LogP contribution is 2.29. The summed E-state index contributed by atoms with van der Waals surface area (Å²) in [6, 6.07) is -0.716. The monoisotopic (exact) mass is 536 g/mol. The van der Waals surface area contributed by atoms with Crippen LogP contribution in [0.5, 0.6) is 0 Å². The van der Waals surface area contributed by atoms with Crippen molar-refractivity contribution in [1.82, 2.24) is 15.1 Å². The van der Waals surface area contributed by atoms with E-state index in [-0.39, 0.29) is 24.1 Å². The number of unbranched alkanes of at least 4 members (excludes halogenated alkanes) is 18. The van der Waals surface area contributed by atoms with Gasteiger partial charge in [0.2, 0.25) is 0 Å². The highest BCUT2D eigenvalue weighted by molar-refractivity contribution is 8.13. The van der Waals surface area contributed by atoms with Gasteiger partial charge >= 0.3 is 6.03 Å². The third-order valence-electron chi connectivity index (χ3n) is 7.80. The zero-order valence-corrected chi connectivity index (χ0v) is 25.1. The van der Waals surface area contributed by atoms with E-state index in [0.717, 1.165) is 23.9 Å². The van der Waals surface area contributed by atoms with Crippen LogP contribution >= 0.6 is 11.8 Å². The number of imide groups is 1. The summed E-state index contributed by atoms with van der Waals surface area (Å²) < 4.78 is 0. The Morgan fingerprint density at radius 2 is 1.16 bits per heavy atom. The number of hydrogen-bond acceptors (Lipinski definition) is 5. The van der Waals surface area contributed by atoms with Gasteiger partial charge in [-0.3, -0.25) is 10.1 Å². The van der Waals surface area contributed by atoms with Crippen LogP contribution in [0.3, 0.4) is 0 Å². The SMILES string of the molecule is CCCCCCCCCCCCSC1=NC2C(C(=O)NC(=O)N2C)N1CCCCCCCCCCCC. The van der Waals surface area contributed by atoms with Crippen LogP contribution < -0.4 is 5.32 Å². The van der Waals surface area contributed by atoms with Crippen molar-refractivity contribution in [2.45, 2.75) is 154 Å². The Morgan fingerprint density at radius 1 is 0.703 bits per heavy atom. The molecule has 3 amide bonds. The summed E-state index contributed by atoms with van der Waals surface area (Å²) in [6.07, 6.45) is 25.9. The fourth-order valence-electron chi connectivity index (χ4n) is 5.38. The maximum atomic E-state index is 12.7. The fraction of sp³-hybridized carbons (Fsp3) is 0.900. The zero-order valence-electron chi connectivity index (χ0n) is 24.3. The molecule has 1 saturated heterocycles. The summed E-state index contributed by atoms with van der Waals surface area (Å²) in [6.45, 7) is 5.38. The van der Waals surface area contributed by atoms with Gasteiger partial charge in [-0.25, -0.2) is 9.79 Å². The molecule has 0 aromatic carbocycles. The predicted octanol–water partition coefficient (Wildman–Crippen LogP) is 8.11. The van der Waals surface area contributed by atoms with E-state index in [1.807, 2.05) is 0 Å². The number of likely N-dealkylation sites (N-methyl/N-ethyl adjacent to an activating group) is 1. The molecule has 6 nitrogen and oxygen atoms in total. The molecular weight excluding hydrogens is 480 g/mol. The van der Waals surface area contributed by atoms with Crippen molar-refractivity contribution in [2.24, 2.45) is 4.99 Å². The Kier molecular flexibility index (Phi) is 17.1. The van der Waals surface area contributed by atoms with Crippen molar-refractivity contribution in [3.05, 3.63) is 0 Å². The summed E-state index contributed by atoms with van der Waals surface area (Å²) in [7, 11) is 1.75. The molecule has 0 aromatic heterocycles. The van der Waals surface area contributed by atoms with Crippen molar-refractivity contribution >= 4 is 28.9 Å². The van der Waals surface area contributed by atoms with Gasteiger partial charge in [0.1, 0.15) is 0 Å². The molecule has 1 fully saturated rings. The number of carbonyl (C=O) groups is 2. The molecule has 2 heterocycles. The summed E-state index contributed by atoms with van der Waals surface area (Å²) in [5.74, 6) is 0.834.